The predicted molar refractivity (Wildman–Crippen MR) is 78.1 cm³/mol. The molecule has 1 amide bonds. The molecule has 0 atom stereocenters. The summed E-state index contributed by atoms with van der Waals surface area (Å²) in [5, 5.41) is 3.99. The molecule has 0 saturated heterocycles. The maximum Gasteiger partial charge on any atom is 0.270 e. The van der Waals surface area contributed by atoms with Crippen LogP contribution in [-0.4, -0.2) is 46.3 Å². The summed E-state index contributed by atoms with van der Waals surface area (Å²) in [7, 11) is 0. The SMILES string of the molecule is CCN(C(=O)Cn1ncc(OCCCN)cc1=O)C1CC1. The first-order chi connectivity index (χ1) is 10.2. The third-order valence-electron chi connectivity index (χ3n) is 3.40. The van der Waals surface area contributed by atoms with Gasteiger partial charge in [0.2, 0.25) is 5.91 Å². The zero-order valence-electron chi connectivity index (χ0n) is 12.3. The van der Waals surface area contributed by atoms with Gasteiger partial charge in [0.15, 0.2) is 0 Å². The second kappa shape index (κ2) is 7.21. The minimum absolute atomic E-state index is 0.0216. The van der Waals surface area contributed by atoms with Gasteiger partial charge in [-0.2, -0.15) is 5.10 Å². The minimum Gasteiger partial charge on any atom is -0.492 e. The number of hydrogen-bond acceptors (Lipinski definition) is 5. The molecule has 21 heavy (non-hydrogen) atoms. The van der Waals surface area contributed by atoms with Gasteiger partial charge in [-0.05, 0) is 32.7 Å². The zero-order chi connectivity index (χ0) is 15.2. The third-order valence-corrected chi connectivity index (χ3v) is 3.40. The van der Waals surface area contributed by atoms with E-state index in [2.05, 4.69) is 5.10 Å². The van der Waals surface area contributed by atoms with Gasteiger partial charge in [0.1, 0.15) is 12.3 Å². The van der Waals surface area contributed by atoms with Crippen LogP contribution in [-0.2, 0) is 11.3 Å². The van der Waals surface area contributed by atoms with Crippen molar-refractivity contribution in [2.75, 3.05) is 19.7 Å². The van der Waals surface area contributed by atoms with Crippen LogP contribution in [0.5, 0.6) is 5.75 Å². The molecule has 2 rings (SSSR count). The predicted octanol–water partition coefficient (Wildman–Crippen LogP) is -0.0182. The first-order valence-corrected chi connectivity index (χ1v) is 7.35. The third kappa shape index (κ3) is 4.29. The molecule has 1 fully saturated rings. The van der Waals surface area contributed by atoms with Crippen molar-refractivity contribution in [2.45, 2.75) is 38.8 Å². The van der Waals surface area contributed by atoms with Crippen molar-refractivity contribution in [3.8, 4) is 5.75 Å². The van der Waals surface area contributed by atoms with Gasteiger partial charge in [0.05, 0.1) is 12.8 Å². The van der Waals surface area contributed by atoms with Gasteiger partial charge >= 0.3 is 0 Å². The summed E-state index contributed by atoms with van der Waals surface area (Å²) >= 11 is 0. The number of carbonyl (C=O) groups excluding carboxylic acids is 1. The molecule has 0 bridgehead atoms. The van der Waals surface area contributed by atoms with Crippen LogP contribution in [0.3, 0.4) is 0 Å². The number of amides is 1. The molecular weight excluding hydrogens is 272 g/mol. The monoisotopic (exact) mass is 294 g/mol. The van der Waals surface area contributed by atoms with Crippen molar-refractivity contribution in [3.63, 3.8) is 0 Å². The van der Waals surface area contributed by atoms with Gasteiger partial charge in [-0.3, -0.25) is 9.59 Å². The van der Waals surface area contributed by atoms with Crippen LogP contribution in [0.4, 0.5) is 0 Å². The normalized spacial score (nSPS) is 14.0. The van der Waals surface area contributed by atoms with Gasteiger partial charge in [-0.25, -0.2) is 4.68 Å². The summed E-state index contributed by atoms with van der Waals surface area (Å²) in [4.78, 5) is 25.9. The fourth-order valence-electron chi connectivity index (χ4n) is 2.13. The minimum atomic E-state index is -0.333. The highest BCUT2D eigenvalue weighted by Gasteiger charge is 2.31. The fourth-order valence-corrected chi connectivity index (χ4v) is 2.13. The molecule has 0 radical (unpaired) electrons. The first-order valence-electron chi connectivity index (χ1n) is 7.35. The quantitative estimate of drug-likeness (QED) is 0.681. The van der Waals surface area contributed by atoms with Crippen molar-refractivity contribution in [2.24, 2.45) is 5.73 Å². The van der Waals surface area contributed by atoms with Crippen molar-refractivity contribution in [1.82, 2.24) is 14.7 Å². The van der Waals surface area contributed by atoms with Crippen LogP contribution in [0.15, 0.2) is 17.1 Å². The maximum absolute atomic E-state index is 12.2. The molecule has 0 unspecified atom stereocenters. The summed E-state index contributed by atoms with van der Waals surface area (Å²) < 4.78 is 6.52. The Kier molecular flexibility index (Phi) is 5.32. The lowest BCUT2D eigenvalue weighted by Gasteiger charge is -2.20. The van der Waals surface area contributed by atoms with E-state index in [9.17, 15) is 9.59 Å². The van der Waals surface area contributed by atoms with Crippen LogP contribution >= 0.6 is 0 Å². The lowest BCUT2D eigenvalue weighted by molar-refractivity contribution is -0.132. The fraction of sp³-hybridized carbons (Fsp3) is 0.643. The molecule has 1 heterocycles. The van der Waals surface area contributed by atoms with E-state index < -0.39 is 0 Å². The molecule has 0 aliphatic heterocycles. The number of carbonyl (C=O) groups is 1. The molecule has 7 heteroatoms. The second-order valence-corrected chi connectivity index (χ2v) is 5.09. The Labute approximate surface area is 123 Å². The van der Waals surface area contributed by atoms with Gasteiger partial charge in [-0.1, -0.05) is 0 Å². The molecule has 0 spiro atoms. The van der Waals surface area contributed by atoms with Crippen molar-refractivity contribution < 1.29 is 9.53 Å². The number of rotatable bonds is 8. The summed E-state index contributed by atoms with van der Waals surface area (Å²) in [5.41, 5.74) is 5.04. The maximum atomic E-state index is 12.2. The largest absolute Gasteiger partial charge is 0.492 e. The van der Waals surface area contributed by atoms with E-state index in [0.717, 1.165) is 12.8 Å². The Bertz CT molecular complexity index is 539. The molecule has 116 valence electrons. The number of nitrogens with zero attached hydrogens (tertiary/aromatic N) is 3. The number of nitrogens with two attached hydrogens (primary N) is 1. The topological polar surface area (TPSA) is 90.4 Å². The molecule has 1 aromatic rings. The molecular formula is C14H22N4O3. The highest BCUT2D eigenvalue weighted by molar-refractivity contribution is 5.76. The lowest BCUT2D eigenvalue weighted by Crippen LogP contribution is -2.38. The highest BCUT2D eigenvalue weighted by Crippen LogP contribution is 2.26. The number of ether oxygens (including phenoxy) is 1. The number of aromatic nitrogens is 2. The van der Waals surface area contributed by atoms with Crippen LogP contribution in [0.25, 0.3) is 0 Å². The van der Waals surface area contributed by atoms with Gasteiger partial charge in [-0.15, -0.1) is 0 Å². The molecule has 1 aliphatic carbocycles. The Morgan fingerprint density at radius 3 is 2.90 bits per heavy atom. The second-order valence-electron chi connectivity index (χ2n) is 5.09. The van der Waals surface area contributed by atoms with Crippen molar-refractivity contribution in [3.05, 3.63) is 22.6 Å². The molecule has 2 N–H and O–H groups in total. The summed E-state index contributed by atoms with van der Waals surface area (Å²) in [6, 6.07) is 1.70. The van der Waals surface area contributed by atoms with E-state index >= 15 is 0 Å². The lowest BCUT2D eigenvalue weighted by atomic mass is 10.4. The molecule has 1 aliphatic rings. The number of hydrogen-bond donors (Lipinski definition) is 1. The number of likely N-dealkylation sites (N-methyl/N-ethyl adjacent to an activating group) is 1. The van der Waals surface area contributed by atoms with E-state index in [4.69, 9.17) is 10.5 Å². The van der Waals surface area contributed by atoms with Crippen molar-refractivity contribution >= 4 is 5.91 Å². The van der Waals surface area contributed by atoms with E-state index in [1.165, 1.54) is 16.9 Å². The van der Waals surface area contributed by atoms with E-state index in [1.54, 1.807) is 4.90 Å². The van der Waals surface area contributed by atoms with Gasteiger partial charge < -0.3 is 15.4 Å². The van der Waals surface area contributed by atoms with E-state index in [-0.39, 0.29) is 18.0 Å². The Hall–Kier alpha value is -1.89. The summed E-state index contributed by atoms with van der Waals surface area (Å²) in [6.07, 6.45) is 4.28. The Morgan fingerprint density at radius 1 is 1.57 bits per heavy atom. The highest BCUT2D eigenvalue weighted by atomic mass is 16.5. The summed E-state index contributed by atoms with van der Waals surface area (Å²) in [6.45, 7) is 3.57. The van der Waals surface area contributed by atoms with Crippen molar-refractivity contribution in [1.29, 1.82) is 0 Å². The molecule has 1 saturated carbocycles. The molecule has 7 nitrogen and oxygen atoms in total. The molecule has 1 aromatic heterocycles. The average molecular weight is 294 g/mol. The smallest absolute Gasteiger partial charge is 0.270 e. The van der Waals surface area contributed by atoms with Crippen LogP contribution < -0.4 is 16.0 Å². The van der Waals surface area contributed by atoms with Crippen LogP contribution in [0.2, 0.25) is 0 Å². The first kappa shape index (κ1) is 15.5. The van der Waals surface area contributed by atoms with E-state index in [1.807, 2.05) is 6.92 Å². The average Bonchev–Trinajstić information content (AvgIpc) is 3.27. The standard InChI is InChI=1S/C14H22N4O3/c1-2-17(11-4-5-11)14(20)10-18-13(19)8-12(9-16-18)21-7-3-6-15/h8-9,11H,2-7,10,15H2,1H3. The Balaban J connectivity index is 1.97. The zero-order valence-corrected chi connectivity index (χ0v) is 12.3. The molecule has 0 aromatic carbocycles. The van der Waals surface area contributed by atoms with Gasteiger partial charge in [0.25, 0.3) is 5.56 Å². The van der Waals surface area contributed by atoms with E-state index in [0.29, 0.717) is 37.9 Å². The van der Waals surface area contributed by atoms with Crippen LogP contribution in [0, 0.1) is 0 Å². The Morgan fingerprint density at radius 2 is 2.33 bits per heavy atom. The van der Waals surface area contributed by atoms with Crippen LogP contribution in [0.1, 0.15) is 26.2 Å². The van der Waals surface area contributed by atoms with Gasteiger partial charge in [0, 0.05) is 18.7 Å². The summed E-state index contributed by atoms with van der Waals surface area (Å²) in [5.74, 6) is 0.345.